The number of carbonyl (C=O) groups is 1. The first-order valence-corrected chi connectivity index (χ1v) is 6.84. The van der Waals surface area contributed by atoms with Crippen molar-refractivity contribution >= 4 is 36.0 Å². The highest BCUT2D eigenvalue weighted by molar-refractivity contribution is 6.44. The second kappa shape index (κ2) is 5.77. The van der Waals surface area contributed by atoms with Gasteiger partial charge >= 0.3 is 13.6 Å². The van der Waals surface area contributed by atoms with Crippen LogP contribution in [-0.4, -0.2) is 35.7 Å². The zero-order valence-electron chi connectivity index (χ0n) is 12.7. The van der Waals surface area contributed by atoms with Gasteiger partial charge in [0.05, 0.1) is 11.0 Å². The minimum atomic E-state index is -0.578. The van der Waals surface area contributed by atoms with Gasteiger partial charge in [-0.2, -0.15) is 0 Å². The molecule has 0 saturated carbocycles. The molecule has 0 atom stereocenters. The van der Waals surface area contributed by atoms with Gasteiger partial charge in [-0.05, 0) is 39.8 Å². The van der Waals surface area contributed by atoms with Gasteiger partial charge in [-0.3, -0.25) is 4.90 Å². The van der Waals surface area contributed by atoms with E-state index in [0.29, 0.717) is 29.0 Å². The predicted octanol–water partition coefficient (Wildman–Crippen LogP) is 1.56. The van der Waals surface area contributed by atoms with Crippen molar-refractivity contribution < 1.29 is 19.0 Å². The van der Waals surface area contributed by atoms with Gasteiger partial charge in [-0.15, -0.1) is 0 Å². The lowest BCUT2D eigenvalue weighted by atomic mass is 9.98. The molecule has 1 amide bonds. The van der Waals surface area contributed by atoms with Crippen LogP contribution >= 0.6 is 0 Å². The molecule has 0 aliphatic rings. The van der Waals surface area contributed by atoms with E-state index in [1.165, 1.54) is 4.90 Å². The molecule has 0 saturated heterocycles. The molecule has 0 bridgehead atoms. The second-order valence-electron chi connectivity index (χ2n) is 5.64. The summed E-state index contributed by atoms with van der Waals surface area (Å²) in [5.41, 5.74) is 0.427. The lowest BCUT2D eigenvalue weighted by Gasteiger charge is -2.26. The monoisotopic (exact) mass is 290 g/mol. The number of aromatic nitrogens is 1. The van der Waals surface area contributed by atoms with E-state index in [4.69, 9.17) is 14.2 Å². The number of hydrogen-bond acceptors (Lipinski definition) is 5. The molecule has 21 heavy (non-hydrogen) atoms. The predicted molar refractivity (Wildman–Crippen MR) is 82.3 cm³/mol. The Bertz CT molecular complexity index is 648. The van der Waals surface area contributed by atoms with Crippen LogP contribution in [0.1, 0.15) is 27.7 Å². The van der Waals surface area contributed by atoms with Crippen LogP contribution in [0, 0.1) is 0 Å². The molecule has 0 aromatic carbocycles. The van der Waals surface area contributed by atoms with Crippen LogP contribution in [0.4, 0.5) is 10.6 Å². The number of amides is 1. The number of furan rings is 1. The number of hydrogen-bond donors (Lipinski definition) is 1. The summed E-state index contributed by atoms with van der Waals surface area (Å²) in [6.45, 7) is 7.70. The van der Waals surface area contributed by atoms with Crippen LogP contribution in [0.15, 0.2) is 22.7 Å². The van der Waals surface area contributed by atoms with E-state index in [9.17, 15) is 4.79 Å². The van der Waals surface area contributed by atoms with Gasteiger partial charge in [0.2, 0.25) is 0 Å². The summed E-state index contributed by atoms with van der Waals surface area (Å²) in [5.74, 6) is 0.465. The first-order valence-electron chi connectivity index (χ1n) is 6.84. The van der Waals surface area contributed by atoms with Gasteiger partial charge in [0.1, 0.15) is 17.0 Å². The maximum Gasteiger partial charge on any atom is 0.416 e. The van der Waals surface area contributed by atoms with Crippen LogP contribution in [0.3, 0.4) is 0 Å². The Kier molecular flexibility index (Phi) is 4.23. The number of pyridine rings is 1. The van der Waals surface area contributed by atoms with Crippen molar-refractivity contribution in [2.24, 2.45) is 0 Å². The van der Waals surface area contributed by atoms with Crippen LogP contribution < -0.4 is 10.6 Å². The van der Waals surface area contributed by atoms with Crippen molar-refractivity contribution in [3.63, 3.8) is 0 Å². The third kappa shape index (κ3) is 3.36. The molecule has 0 aliphatic carbocycles. The minimum absolute atomic E-state index is 0.202. The Hall–Kier alpha value is -2.02. The Labute approximate surface area is 124 Å². The average molecular weight is 290 g/mol. The number of nitrogens with zero attached hydrogens (tertiary/aromatic N) is 2. The fourth-order valence-corrected chi connectivity index (χ4v) is 1.98. The summed E-state index contributed by atoms with van der Waals surface area (Å²) < 4.78 is 10.9. The maximum absolute atomic E-state index is 12.3. The van der Waals surface area contributed by atoms with Gasteiger partial charge in [-0.25, -0.2) is 9.78 Å². The van der Waals surface area contributed by atoms with Crippen LogP contribution in [-0.2, 0) is 4.74 Å². The van der Waals surface area contributed by atoms with E-state index in [0.717, 1.165) is 0 Å². The summed E-state index contributed by atoms with van der Waals surface area (Å²) >= 11 is 0. The highest BCUT2D eigenvalue weighted by Gasteiger charge is 2.25. The summed E-state index contributed by atoms with van der Waals surface area (Å²) in [6.07, 6.45) is 1.10. The molecule has 6 nitrogen and oxygen atoms in total. The molecule has 0 radical (unpaired) electrons. The number of fused-ring (bicyclic) bond motifs is 1. The molecule has 2 heterocycles. The van der Waals surface area contributed by atoms with Crippen LogP contribution in [0.5, 0.6) is 0 Å². The molecule has 7 heteroatoms. The first kappa shape index (κ1) is 15.4. The van der Waals surface area contributed by atoms with E-state index in [2.05, 4.69) is 4.98 Å². The third-order valence-corrected chi connectivity index (χ3v) is 2.82. The number of ether oxygens (including phenoxy) is 1. The molecule has 2 rings (SSSR count). The van der Waals surface area contributed by atoms with Crippen molar-refractivity contribution in [3.05, 3.63) is 18.3 Å². The van der Waals surface area contributed by atoms with E-state index < -0.39 is 11.7 Å². The highest BCUT2D eigenvalue weighted by Crippen LogP contribution is 2.25. The summed E-state index contributed by atoms with van der Waals surface area (Å²) in [6, 6.07) is 3.38. The van der Waals surface area contributed by atoms with Gasteiger partial charge in [0.15, 0.2) is 0 Å². The largest absolute Gasteiger partial charge is 0.468 e. The van der Waals surface area contributed by atoms with Crippen molar-refractivity contribution in [2.45, 2.75) is 33.3 Å². The molecular formula is C14H19BN2O4. The molecule has 0 aliphatic heterocycles. The first-order chi connectivity index (χ1) is 9.85. The zero-order chi connectivity index (χ0) is 15.6. The third-order valence-electron chi connectivity index (χ3n) is 2.82. The summed E-state index contributed by atoms with van der Waals surface area (Å²) in [7, 11) is -0.202. The van der Waals surface area contributed by atoms with Gasteiger partial charge in [0.25, 0.3) is 0 Å². The topological polar surface area (TPSA) is 75.8 Å². The zero-order valence-corrected chi connectivity index (χ0v) is 12.7. The van der Waals surface area contributed by atoms with Crippen LogP contribution in [0.25, 0.3) is 11.0 Å². The molecule has 0 unspecified atom stereocenters. The quantitative estimate of drug-likeness (QED) is 0.868. The average Bonchev–Trinajstić information content (AvgIpc) is 2.81. The normalized spacial score (nSPS) is 11.5. The summed E-state index contributed by atoms with van der Waals surface area (Å²) in [4.78, 5) is 18.0. The number of carbonyl (C=O) groups excluding carboxylic acids is 1. The van der Waals surface area contributed by atoms with Gasteiger partial charge < -0.3 is 14.2 Å². The van der Waals surface area contributed by atoms with E-state index in [1.807, 2.05) is 27.7 Å². The molecule has 112 valence electrons. The molecular weight excluding hydrogens is 271 g/mol. The van der Waals surface area contributed by atoms with Crippen molar-refractivity contribution in [2.75, 3.05) is 11.4 Å². The standard InChI is InChI=1S/C14H19BN2O4/c1-5-17(13(18)21-14(2,3)4)12-9-8-11(15-19)20-10(9)6-7-16-12/h6-8,15,19H,5H2,1-4H3. The van der Waals surface area contributed by atoms with E-state index >= 15 is 0 Å². The van der Waals surface area contributed by atoms with Crippen LogP contribution in [0.2, 0.25) is 0 Å². The lowest BCUT2D eigenvalue weighted by molar-refractivity contribution is 0.0581. The number of anilines is 1. The smallest absolute Gasteiger partial charge is 0.416 e. The molecule has 2 aromatic heterocycles. The molecule has 1 N–H and O–H groups in total. The number of rotatable bonds is 3. The minimum Gasteiger partial charge on any atom is -0.468 e. The van der Waals surface area contributed by atoms with Gasteiger partial charge in [-0.1, -0.05) is 0 Å². The Morgan fingerprint density at radius 1 is 1.52 bits per heavy atom. The Morgan fingerprint density at radius 3 is 2.81 bits per heavy atom. The van der Waals surface area contributed by atoms with E-state index in [-0.39, 0.29) is 7.48 Å². The van der Waals surface area contributed by atoms with Crippen molar-refractivity contribution in [1.82, 2.24) is 4.98 Å². The molecule has 2 aromatic rings. The highest BCUT2D eigenvalue weighted by atomic mass is 16.6. The summed E-state index contributed by atoms with van der Waals surface area (Å²) in [5, 5.41) is 9.84. The molecule has 0 fully saturated rings. The van der Waals surface area contributed by atoms with E-state index in [1.54, 1.807) is 18.3 Å². The maximum atomic E-state index is 12.3. The Balaban J connectivity index is 2.42. The second-order valence-corrected chi connectivity index (χ2v) is 5.64. The van der Waals surface area contributed by atoms with Crippen molar-refractivity contribution in [1.29, 1.82) is 0 Å². The fourth-order valence-electron chi connectivity index (χ4n) is 1.98. The Morgan fingerprint density at radius 2 is 2.24 bits per heavy atom. The molecule has 0 spiro atoms. The fraction of sp³-hybridized carbons (Fsp3) is 0.429. The SMILES string of the molecule is CCN(C(=O)OC(C)(C)C)c1nccc2oc(BO)cc12. The van der Waals surface area contributed by atoms with Gasteiger partial charge in [0, 0.05) is 12.7 Å². The van der Waals surface area contributed by atoms with Crippen molar-refractivity contribution in [3.8, 4) is 0 Å². The lowest BCUT2D eigenvalue weighted by Crippen LogP contribution is -2.37.